The van der Waals surface area contributed by atoms with Crippen LogP contribution in [0.4, 0.5) is 5.69 Å². The molecule has 8 aromatic carbocycles. The molecule has 9 aromatic rings. The van der Waals surface area contributed by atoms with Crippen molar-refractivity contribution >= 4 is 61.5 Å². The van der Waals surface area contributed by atoms with Gasteiger partial charge in [0.2, 0.25) is 0 Å². The van der Waals surface area contributed by atoms with E-state index < -0.39 is 0 Å². The normalized spacial score (nSPS) is 11.9. The number of rotatable bonds is 9. The fourth-order valence-electron chi connectivity index (χ4n) is 7.63. The molecule has 272 valence electrons. The van der Waals surface area contributed by atoms with E-state index in [1.165, 1.54) is 42.4 Å². The van der Waals surface area contributed by atoms with Crippen LogP contribution in [0.25, 0.3) is 76.5 Å². The van der Waals surface area contributed by atoms with Crippen LogP contribution in [-0.2, 0) is 0 Å². The summed E-state index contributed by atoms with van der Waals surface area (Å²) in [6, 6.07) is 68.5. The fraction of sp³-hybridized carbons (Fsp3) is 0.0189. The molecule has 3 nitrogen and oxygen atoms in total. The van der Waals surface area contributed by atoms with Crippen molar-refractivity contribution < 1.29 is 0 Å². The van der Waals surface area contributed by atoms with Crippen molar-refractivity contribution in [3.63, 3.8) is 0 Å². The van der Waals surface area contributed by atoms with E-state index in [4.69, 9.17) is 4.99 Å². The number of nitrogens with one attached hydrogen (secondary N) is 1. The first-order chi connectivity index (χ1) is 28.2. The van der Waals surface area contributed by atoms with Crippen LogP contribution in [0.15, 0.2) is 204 Å². The van der Waals surface area contributed by atoms with Crippen molar-refractivity contribution in [3.8, 4) is 44.5 Å². The lowest BCUT2D eigenvalue weighted by Gasteiger charge is -2.18. The van der Waals surface area contributed by atoms with Gasteiger partial charge in [0.05, 0.1) is 5.70 Å². The molecule has 0 aliphatic carbocycles. The van der Waals surface area contributed by atoms with E-state index in [1.54, 1.807) is 0 Å². The van der Waals surface area contributed by atoms with Crippen molar-refractivity contribution in [2.75, 3.05) is 12.4 Å². The zero-order valence-corrected chi connectivity index (χ0v) is 32.4. The average molecular weight is 750 g/mol. The summed E-state index contributed by atoms with van der Waals surface area (Å²) in [6.45, 7) is 3.95. The average Bonchev–Trinajstić information content (AvgIpc) is 3.67. The van der Waals surface area contributed by atoms with Gasteiger partial charge >= 0.3 is 0 Å². The largest absolute Gasteiger partial charge is 0.388 e. The monoisotopic (exact) mass is 749 g/mol. The van der Waals surface area contributed by atoms with Crippen LogP contribution in [-0.4, -0.2) is 19.6 Å². The third-order valence-electron chi connectivity index (χ3n) is 10.4. The lowest BCUT2D eigenvalue weighted by atomic mass is 9.88. The van der Waals surface area contributed by atoms with E-state index in [0.717, 1.165) is 50.3 Å². The molecule has 0 unspecified atom stereocenters. The highest BCUT2D eigenvalue weighted by Gasteiger charge is 2.22. The van der Waals surface area contributed by atoms with Gasteiger partial charge in [0, 0.05) is 55.2 Å². The third kappa shape index (κ3) is 7.11. The van der Waals surface area contributed by atoms with Crippen molar-refractivity contribution in [2.45, 2.75) is 0 Å². The first kappa shape index (κ1) is 35.6. The van der Waals surface area contributed by atoms with Gasteiger partial charge < -0.3 is 5.32 Å². The lowest BCUT2D eigenvalue weighted by molar-refractivity contribution is 1.46. The minimum Gasteiger partial charge on any atom is -0.388 e. The van der Waals surface area contributed by atoms with Gasteiger partial charge in [-0.05, 0) is 82.1 Å². The van der Waals surface area contributed by atoms with Gasteiger partial charge in [-0.25, -0.2) is 9.98 Å². The van der Waals surface area contributed by atoms with Crippen LogP contribution in [0.5, 0.6) is 0 Å². The lowest BCUT2D eigenvalue weighted by Crippen LogP contribution is -1.98. The summed E-state index contributed by atoms with van der Waals surface area (Å²) < 4.78 is 2.45. The van der Waals surface area contributed by atoms with Crippen LogP contribution in [0.3, 0.4) is 0 Å². The zero-order chi connectivity index (χ0) is 38.6. The van der Waals surface area contributed by atoms with Gasteiger partial charge in [-0.2, -0.15) is 0 Å². The molecule has 1 heterocycles. The molecular formula is C53H39N3S. The highest BCUT2D eigenvalue weighted by molar-refractivity contribution is 7.26. The van der Waals surface area contributed by atoms with Crippen LogP contribution in [0, 0.1) is 0 Å². The minimum absolute atomic E-state index is 0.564. The summed E-state index contributed by atoms with van der Waals surface area (Å²) in [5, 5.41) is 6.03. The number of hydrogen-bond donors (Lipinski definition) is 1. The van der Waals surface area contributed by atoms with Crippen LogP contribution in [0.2, 0.25) is 0 Å². The predicted molar refractivity (Wildman–Crippen MR) is 247 cm³/mol. The molecule has 0 fully saturated rings. The summed E-state index contributed by atoms with van der Waals surface area (Å²) in [6.07, 6.45) is 2.24. The van der Waals surface area contributed by atoms with E-state index in [2.05, 4.69) is 181 Å². The maximum absolute atomic E-state index is 5.28. The van der Waals surface area contributed by atoms with Crippen LogP contribution in [0.1, 0.15) is 16.7 Å². The SMILES string of the molecule is C=NC(=N/C(=C\c1cc(-c2ccccc2)c2c(sc3ccc(-c4ccccc4)cc32)c1-c1cc(-c2ccccc2)ccc1NC)c1ccccc1)c1ccccc1. The number of amidine groups is 1. The van der Waals surface area contributed by atoms with Gasteiger partial charge in [-0.1, -0.05) is 164 Å². The molecule has 57 heavy (non-hydrogen) atoms. The zero-order valence-electron chi connectivity index (χ0n) is 31.6. The van der Waals surface area contributed by atoms with E-state index in [1.807, 2.05) is 54.8 Å². The Kier molecular flexibility index (Phi) is 9.93. The molecule has 0 amide bonds. The summed E-state index contributed by atoms with van der Waals surface area (Å²) in [4.78, 5) is 9.73. The molecule has 1 N–H and O–H groups in total. The van der Waals surface area contributed by atoms with Crippen molar-refractivity contribution in [3.05, 3.63) is 211 Å². The molecule has 1 aromatic heterocycles. The number of nitrogens with zero attached hydrogens (tertiary/aromatic N) is 2. The van der Waals surface area contributed by atoms with Crippen molar-refractivity contribution in [1.29, 1.82) is 0 Å². The Morgan fingerprint density at radius 1 is 0.544 bits per heavy atom. The molecule has 0 atom stereocenters. The molecule has 0 radical (unpaired) electrons. The maximum atomic E-state index is 5.28. The Labute approximate surface area is 337 Å². The Bertz CT molecular complexity index is 2910. The maximum Gasteiger partial charge on any atom is 0.159 e. The highest BCUT2D eigenvalue weighted by atomic mass is 32.1. The second-order valence-corrected chi connectivity index (χ2v) is 14.9. The third-order valence-corrected chi connectivity index (χ3v) is 11.6. The fourth-order valence-corrected chi connectivity index (χ4v) is 8.91. The first-order valence-electron chi connectivity index (χ1n) is 19.1. The number of hydrogen-bond acceptors (Lipinski definition) is 3. The van der Waals surface area contributed by atoms with Gasteiger partial charge in [-0.15, -0.1) is 11.3 Å². The molecule has 0 spiro atoms. The molecule has 0 aliphatic heterocycles. The molecule has 4 heteroatoms. The van der Waals surface area contributed by atoms with Gasteiger partial charge in [-0.3, -0.25) is 0 Å². The summed E-state index contributed by atoms with van der Waals surface area (Å²) in [5.74, 6) is 0.564. The Morgan fingerprint density at radius 3 is 1.68 bits per heavy atom. The standard InChI is InChI=1S/C53H39N3S/c1-54-47-30-28-41(36-18-8-3-9-19-36)32-45(47)50-43(35-48(39-24-14-6-15-25-39)56-53(55-2)40-26-16-7-17-27-40)34-44(38-22-12-5-13-23-38)51-46-33-42(37-20-10-4-11-21-37)29-31-49(46)57-52(50)51/h3-35,54H,2H2,1H3/b48-35-,56-53?. The number of thiophene rings is 1. The molecule has 0 saturated carbocycles. The second kappa shape index (κ2) is 15.9. The molecule has 0 aliphatic rings. The van der Waals surface area contributed by atoms with Gasteiger partial charge in [0.1, 0.15) is 0 Å². The number of benzene rings is 8. The predicted octanol–water partition coefficient (Wildman–Crippen LogP) is 14.4. The summed E-state index contributed by atoms with van der Waals surface area (Å²) >= 11 is 1.85. The topological polar surface area (TPSA) is 36.8 Å². The number of fused-ring (bicyclic) bond motifs is 3. The van der Waals surface area contributed by atoms with E-state index in [0.29, 0.717) is 5.84 Å². The minimum atomic E-state index is 0.564. The smallest absolute Gasteiger partial charge is 0.159 e. The highest BCUT2D eigenvalue weighted by Crippen LogP contribution is 2.50. The van der Waals surface area contributed by atoms with E-state index in [-0.39, 0.29) is 0 Å². The quantitative estimate of drug-likeness (QED) is 0.0890. The first-order valence-corrected chi connectivity index (χ1v) is 19.9. The van der Waals surface area contributed by atoms with Gasteiger partial charge in [0.15, 0.2) is 5.84 Å². The number of aliphatic imine (C=N–C) groups is 2. The van der Waals surface area contributed by atoms with Crippen molar-refractivity contribution in [1.82, 2.24) is 0 Å². The van der Waals surface area contributed by atoms with Crippen LogP contribution < -0.4 is 5.32 Å². The molecular weight excluding hydrogens is 711 g/mol. The van der Waals surface area contributed by atoms with E-state index >= 15 is 0 Å². The van der Waals surface area contributed by atoms with Crippen LogP contribution >= 0.6 is 11.3 Å². The Balaban J connectivity index is 1.42. The summed E-state index contributed by atoms with van der Waals surface area (Å²) in [7, 11) is 2.00. The Hall–Kier alpha value is -7.14. The Morgan fingerprint density at radius 2 is 1.09 bits per heavy atom. The molecule has 0 saturated heterocycles. The van der Waals surface area contributed by atoms with Gasteiger partial charge in [0.25, 0.3) is 0 Å². The number of anilines is 1. The summed E-state index contributed by atoms with van der Waals surface area (Å²) in [5.41, 5.74) is 14.1. The molecule has 0 bridgehead atoms. The second-order valence-electron chi connectivity index (χ2n) is 13.9. The molecule has 9 rings (SSSR count). The van der Waals surface area contributed by atoms with E-state index in [9.17, 15) is 0 Å². The van der Waals surface area contributed by atoms with Crippen molar-refractivity contribution in [2.24, 2.45) is 9.98 Å².